The summed E-state index contributed by atoms with van der Waals surface area (Å²) in [5.41, 5.74) is 8.20. The molecule has 1 amide bonds. The molecule has 0 aliphatic carbocycles. The highest BCUT2D eigenvalue weighted by molar-refractivity contribution is 5.73. The number of hydrogen-bond donors (Lipinski definition) is 1. The second-order valence-corrected chi connectivity index (χ2v) is 7.03. The lowest BCUT2D eigenvalue weighted by Gasteiger charge is -2.27. The number of carbonyl (C=O) groups excluding carboxylic acids is 1. The van der Waals surface area contributed by atoms with Crippen LogP contribution < -0.4 is 5.73 Å². The van der Waals surface area contributed by atoms with Gasteiger partial charge in [-0.1, -0.05) is 20.8 Å². The van der Waals surface area contributed by atoms with Crippen molar-refractivity contribution in [2.75, 3.05) is 6.54 Å². The molecule has 0 bridgehead atoms. The quantitative estimate of drug-likeness (QED) is 0.837. The van der Waals surface area contributed by atoms with E-state index in [2.05, 4.69) is 20.8 Å². The molecule has 0 aromatic carbocycles. The topological polar surface area (TPSA) is 55.6 Å². The smallest absolute Gasteiger partial charge is 0.414 e. The van der Waals surface area contributed by atoms with Crippen LogP contribution in [0.4, 0.5) is 4.79 Å². The van der Waals surface area contributed by atoms with E-state index < -0.39 is 5.60 Å². The molecule has 1 heterocycles. The third-order valence-corrected chi connectivity index (χ3v) is 3.59. The van der Waals surface area contributed by atoms with E-state index in [0.29, 0.717) is 6.54 Å². The van der Waals surface area contributed by atoms with Crippen molar-refractivity contribution in [3.8, 4) is 0 Å². The van der Waals surface area contributed by atoms with Crippen molar-refractivity contribution in [1.82, 2.24) is 4.90 Å². The standard InChI is InChI=1S/C16H28N2O2/c1-8-12(17)9-13-11(2)16(6,7)10-18(13)14(19)20-15(3,4)5/h9H,8,10,17H2,1-7H3/b12-9+. The molecule has 0 atom stereocenters. The van der Waals surface area contributed by atoms with E-state index in [1.54, 1.807) is 4.90 Å². The van der Waals surface area contributed by atoms with E-state index in [1.165, 1.54) is 5.57 Å². The minimum absolute atomic E-state index is 0.0588. The SMILES string of the molecule is CC/C(N)=C\C1=C(C)C(C)(C)CN1C(=O)OC(C)(C)C. The molecule has 1 aliphatic rings. The van der Waals surface area contributed by atoms with Crippen LogP contribution in [0.1, 0.15) is 54.9 Å². The minimum Gasteiger partial charge on any atom is -0.443 e. The fourth-order valence-corrected chi connectivity index (χ4v) is 2.09. The van der Waals surface area contributed by atoms with E-state index in [1.807, 2.05) is 33.8 Å². The van der Waals surface area contributed by atoms with Crippen molar-refractivity contribution < 1.29 is 9.53 Å². The van der Waals surface area contributed by atoms with Gasteiger partial charge in [0.1, 0.15) is 5.60 Å². The van der Waals surface area contributed by atoms with E-state index in [4.69, 9.17) is 10.5 Å². The zero-order valence-electron chi connectivity index (χ0n) is 13.8. The molecule has 0 saturated heterocycles. The molecule has 0 spiro atoms. The maximum Gasteiger partial charge on any atom is 0.414 e. The molecule has 1 aliphatic heterocycles. The predicted molar refractivity (Wildman–Crippen MR) is 82.0 cm³/mol. The average Bonchev–Trinajstić information content (AvgIpc) is 2.50. The Kier molecular flexibility index (Phi) is 4.57. The summed E-state index contributed by atoms with van der Waals surface area (Å²) in [5, 5.41) is 0. The molecule has 0 radical (unpaired) electrons. The number of amides is 1. The molecule has 0 saturated carbocycles. The van der Waals surface area contributed by atoms with Crippen molar-refractivity contribution in [2.24, 2.45) is 11.1 Å². The Labute approximate surface area is 122 Å². The third kappa shape index (κ3) is 3.78. The third-order valence-electron chi connectivity index (χ3n) is 3.59. The Morgan fingerprint density at radius 2 is 2.00 bits per heavy atom. The molecule has 1 rings (SSSR count). The van der Waals surface area contributed by atoms with Gasteiger partial charge in [-0.2, -0.15) is 0 Å². The summed E-state index contributed by atoms with van der Waals surface area (Å²) in [6.07, 6.45) is 2.35. The van der Waals surface area contributed by atoms with Crippen molar-refractivity contribution in [2.45, 2.75) is 60.5 Å². The zero-order chi connectivity index (χ0) is 15.7. The van der Waals surface area contributed by atoms with Gasteiger partial charge in [0.15, 0.2) is 0 Å². The molecule has 2 N–H and O–H groups in total. The number of allylic oxidation sites excluding steroid dienone is 2. The van der Waals surface area contributed by atoms with Crippen molar-refractivity contribution in [3.05, 3.63) is 23.0 Å². The number of rotatable bonds is 2. The molecule has 0 aromatic rings. The minimum atomic E-state index is -0.497. The van der Waals surface area contributed by atoms with E-state index >= 15 is 0 Å². The number of carbonyl (C=O) groups is 1. The fraction of sp³-hybridized carbons (Fsp3) is 0.688. The number of ether oxygens (including phenoxy) is 1. The molecule has 4 nitrogen and oxygen atoms in total. The normalized spacial score (nSPS) is 19.6. The highest BCUT2D eigenvalue weighted by atomic mass is 16.6. The summed E-state index contributed by atoms with van der Waals surface area (Å²) in [4.78, 5) is 14.1. The Morgan fingerprint density at radius 1 is 1.45 bits per heavy atom. The van der Waals surface area contributed by atoms with Gasteiger partial charge < -0.3 is 10.5 Å². The van der Waals surface area contributed by atoms with Gasteiger partial charge in [-0.3, -0.25) is 4.90 Å². The van der Waals surface area contributed by atoms with E-state index in [-0.39, 0.29) is 11.5 Å². The average molecular weight is 280 g/mol. The van der Waals surface area contributed by atoms with Crippen LogP contribution in [0.3, 0.4) is 0 Å². The number of nitrogens with zero attached hydrogens (tertiary/aromatic N) is 1. The first-order valence-electron chi connectivity index (χ1n) is 7.16. The summed E-state index contributed by atoms with van der Waals surface area (Å²) in [6, 6.07) is 0. The maximum atomic E-state index is 12.4. The molecular formula is C16H28N2O2. The summed E-state index contributed by atoms with van der Waals surface area (Å²) in [7, 11) is 0. The van der Waals surface area contributed by atoms with Crippen molar-refractivity contribution in [1.29, 1.82) is 0 Å². The van der Waals surface area contributed by atoms with Crippen LogP contribution >= 0.6 is 0 Å². The predicted octanol–water partition coefficient (Wildman–Crippen LogP) is 3.79. The van der Waals surface area contributed by atoms with Gasteiger partial charge in [0, 0.05) is 23.4 Å². The summed E-state index contributed by atoms with van der Waals surface area (Å²) >= 11 is 0. The van der Waals surface area contributed by atoms with Crippen LogP contribution in [-0.2, 0) is 4.74 Å². The molecule has 20 heavy (non-hydrogen) atoms. The largest absolute Gasteiger partial charge is 0.443 e. The number of hydrogen-bond acceptors (Lipinski definition) is 3. The lowest BCUT2D eigenvalue weighted by molar-refractivity contribution is 0.0310. The van der Waals surface area contributed by atoms with E-state index in [0.717, 1.165) is 17.8 Å². The van der Waals surface area contributed by atoms with Gasteiger partial charge in [0.05, 0.1) is 0 Å². The Morgan fingerprint density at radius 3 is 2.45 bits per heavy atom. The van der Waals surface area contributed by atoms with Crippen LogP contribution in [0.25, 0.3) is 0 Å². The first-order valence-corrected chi connectivity index (χ1v) is 7.16. The molecule has 4 heteroatoms. The molecule has 0 unspecified atom stereocenters. The Hall–Kier alpha value is -1.45. The first kappa shape index (κ1) is 16.6. The van der Waals surface area contributed by atoms with Gasteiger partial charge in [-0.25, -0.2) is 4.79 Å². The van der Waals surface area contributed by atoms with Crippen molar-refractivity contribution in [3.63, 3.8) is 0 Å². The van der Waals surface area contributed by atoms with Crippen LogP contribution in [0.2, 0.25) is 0 Å². The second kappa shape index (κ2) is 5.51. The van der Waals surface area contributed by atoms with Gasteiger partial charge in [0.2, 0.25) is 0 Å². The Bertz CT molecular complexity index is 454. The summed E-state index contributed by atoms with van der Waals surface area (Å²) in [5.74, 6) is 0. The van der Waals surface area contributed by atoms with Crippen LogP contribution in [0.15, 0.2) is 23.0 Å². The maximum absolute atomic E-state index is 12.4. The molecule has 0 aromatic heterocycles. The molecular weight excluding hydrogens is 252 g/mol. The fourth-order valence-electron chi connectivity index (χ4n) is 2.09. The van der Waals surface area contributed by atoms with Crippen LogP contribution in [0, 0.1) is 5.41 Å². The van der Waals surface area contributed by atoms with Gasteiger partial charge >= 0.3 is 6.09 Å². The molecule has 0 fully saturated rings. The number of nitrogens with two attached hydrogens (primary N) is 1. The molecule has 114 valence electrons. The van der Waals surface area contributed by atoms with Crippen LogP contribution in [0.5, 0.6) is 0 Å². The Balaban J connectivity index is 3.11. The highest BCUT2D eigenvalue weighted by Gasteiger charge is 2.39. The van der Waals surface area contributed by atoms with E-state index in [9.17, 15) is 4.79 Å². The second-order valence-electron chi connectivity index (χ2n) is 7.03. The lowest BCUT2D eigenvalue weighted by Crippen LogP contribution is -2.36. The highest BCUT2D eigenvalue weighted by Crippen LogP contribution is 2.39. The van der Waals surface area contributed by atoms with Gasteiger partial charge in [-0.05, 0) is 45.8 Å². The summed E-state index contributed by atoms with van der Waals surface area (Å²) in [6.45, 7) is 14.6. The van der Waals surface area contributed by atoms with Gasteiger partial charge in [0.25, 0.3) is 0 Å². The lowest BCUT2D eigenvalue weighted by atomic mass is 9.87. The first-order chi connectivity index (χ1) is 8.98. The monoisotopic (exact) mass is 280 g/mol. The van der Waals surface area contributed by atoms with Crippen LogP contribution in [-0.4, -0.2) is 23.1 Å². The summed E-state index contributed by atoms with van der Waals surface area (Å²) < 4.78 is 5.49. The van der Waals surface area contributed by atoms with Gasteiger partial charge in [-0.15, -0.1) is 0 Å². The zero-order valence-corrected chi connectivity index (χ0v) is 13.8. The van der Waals surface area contributed by atoms with Crippen molar-refractivity contribution >= 4 is 6.09 Å².